The van der Waals surface area contributed by atoms with Crippen LogP contribution >= 0.6 is 22.9 Å². The predicted molar refractivity (Wildman–Crippen MR) is 138 cm³/mol. The third-order valence-corrected chi connectivity index (χ3v) is 7.37. The average molecular weight is 541 g/mol. The van der Waals surface area contributed by atoms with Gasteiger partial charge in [0.05, 0.1) is 43.5 Å². The fraction of sp³-hybridized carbons (Fsp3) is 0.231. The summed E-state index contributed by atoms with van der Waals surface area (Å²) in [5.74, 6) is -0.296. The maximum atomic E-state index is 13.8. The van der Waals surface area contributed by atoms with E-state index >= 15 is 0 Å². The number of esters is 1. The number of aromatic nitrogens is 1. The summed E-state index contributed by atoms with van der Waals surface area (Å²) in [6.45, 7) is 3.93. The van der Waals surface area contributed by atoms with Gasteiger partial charge in [-0.15, -0.1) is 0 Å². The van der Waals surface area contributed by atoms with Gasteiger partial charge in [-0.05, 0) is 49.7 Å². The quantitative estimate of drug-likeness (QED) is 0.309. The highest BCUT2D eigenvalue weighted by atomic mass is 35.5. The molecule has 3 heterocycles. The molecule has 37 heavy (non-hydrogen) atoms. The zero-order valence-electron chi connectivity index (χ0n) is 20.3. The SMILES string of the molecule is CCOc1ccc(C2c3c(oc4ccc(Cl)cc4c3=O)C(=O)N2c2nc(C)c(C(=O)OC)s2)cc1OC. The molecular formula is C26H21ClN2O7S. The summed E-state index contributed by atoms with van der Waals surface area (Å²) in [5, 5.41) is 0.821. The highest BCUT2D eigenvalue weighted by molar-refractivity contribution is 7.17. The van der Waals surface area contributed by atoms with Crippen LogP contribution in [0.15, 0.2) is 45.6 Å². The number of aryl methyl sites for hydroxylation is 1. The number of amides is 1. The summed E-state index contributed by atoms with van der Waals surface area (Å²) >= 11 is 7.15. The molecule has 1 amide bonds. The number of methoxy groups -OCH3 is 2. The van der Waals surface area contributed by atoms with E-state index in [1.54, 1.807) is 37.3 Å². The molecule has 1 atom stereocenters. The fourth-order valence-electron chi connectivity index (χ4n) is 4.35. The Hall–Kier alpha value is -3.89. The summed E-state index contributed by atoms with van der Waals surface area (Å²) in [6, 6.07) is 8.89. The van der Waals surface area contributed by atoms with Gasteiger partial charge < -0.3 is 18.6 Å². The molecule has 0 N–H and O–H groups in total. The summed E-state index contributed by atoms with van der Waals surface area (Å²) in [7, 11) is 2.77. The van der Waals surface area contributed by atoms with E-state index in [0.717, 1.165) is 11.3 Å². The van der Waals surface area contributed by atoms with E-state index in [4.69, 9.17) is 30.2 Å². The zero-order valence-corrected chi connectivity index (χ0v) is 21.9. The molecule has 1 aliphatic heterocycles. The van der Waals surface area contributed by atoms with Crippen LogP contribution in [0.4, 0.5) is 5.13 Å². The predicted octanol–water partition coefficient (Wildman–Crippen LogP) is 5.16. The molecular weight excluding hydrogens is 520 g/mol. The van der Waals surface area contributed by atoms with Crippen molar-refractivity contribution in [3.05, 3.63) is 79.1 Å². The van der Waals surface area contributed by atoms with E-state index in [2.05, 4.69) is 4.98 Å². The molecule has 0 fully saturated rings. The molecule has 1 aliphatic rings. The topological polar surface area (TPSA) is 108 Å². The first-order valence-electron chi connectivity index (χ1n) is 11.2. The first-order chi connectivity index (χ1) is 17.8. The van der Waals surface area contributed by atoms with Crippen LogP contribution in [0, 0.1) is 6.92 Å². The van der Waals surface area contributed by atoms with Gasteiger partial charge in [-0.25, -0.2) is 9.78 Å². The number of ether oxygens (including phenoxy) is 3. The standard InChI is InChI=1S/C26H21ClN2O7S/c1-5-35-17-8-6-13(10-18(17)33-3)20-19-21(30)15-11-14(27)7-9-16(15)36-22(19)24(31)29(20)26-28-12(2)23(37-26)25(32)34-4/h6-11,20H,5H2,1-4H3. The molecule has 0 aliphatic carbocycles. The van der Waals surface area contributed by atoms with Gasteiger partial charge in [0.2, 0.25) is 5.76 Å². The van der Waals surface area contributed by atoms with Crippen LogP contribution in [0.25, 0.3) is 11.0 Å². The molecule has 1 unspecified atom stereocenters. The largest absolute Gasteiger partial charge is 0.493 e. The molecule has 0 radical (unpaired) electrons. The number of anilines is 1. The van der Waals surface area contributed by atoms with Crippen LogP contribution in [0.1, 0.15) is 50.0 Å². The van der Waals surface area contributed by atoms with Gasteiger partial charge in [0.1, 0.15) is 10.5 Å². The summed E-state index contributed by atoms with van der Waals surface area (Å²) in [5.41, 5.74) is 0.938. The van der Waals surface area contributed by atoms with Gasteiger partial charge in [0.15, 0.2) is 22.1 Å². The van der Waals surface area contributed by atoms with E-state index in [1.807, 2.05) is 6.92 Å². The lowest BCUT2D eigenvalue weighted by Crippen LogP contribution is -2.29. The Balaban J connectivity index is 1.78. The van der Waals surface area contributed by atoms with Crippen molar-refractivity contribution in [2.45, 2.75) is 19.9 Å². The highest BCUT2D eigenvalue weighted by Crippen LogP contribution is 2.45. The number of hydrogen-bond donors (Lipinski definition) is 0. The maximum absolute atomic E-state index is 13.8. The molecule has 9 nitrogen and oxygen atoms in total. The first-order valence-corrected chi connectivity index (χ1v) is 12.4. The fourth-order valence-corrected chi connectivity index (χ4v) is 5.54. The van der Waals surface area contributed by atoms with Crippen LogP contribution < -0.4 is 19.8 Å². The summed E-state index contributed by atoms with van der Waals surface area (Å²) in [6.07, 6.45) is 0. The van der Waals surface area contributed by atoms with Crippen LogP contribution in [0.3, 0.4) is 0 Å². The van der Waals surface area contributed by atoms with Crippen molar-refractivity contribution in [3.8, 4) is 11.5 Å². The Morgan fingerprint density at radius 2 is 1.95 bits per heavy atom. The summed E-state index contributed by atoms with van der Waals surface area (Å²) in [4.78, 5) is 45.9. The van der Waals surface area contributed by atoms with E-state index in [9.17, 15) is 14.4 Å². The van der Waals surface area contributed by atoms with Crippen molar-refractivity contribution in [2.24, 2.45) is 0 Å². The molecule has 0 bridgehead atoms. The van der Waals surface area contributed by atoms with Crippen molar-refractivity contribution in [1.29, 1.82) is 0 Å². The molecule has 2 aromatic heterocycles. The Morgan fingerprint density at radius 1 is 1.16 bits per heavy atom. The van der Waals surface area contributed by atoms with Crippen molar-refractivity contribution in [2.75, 3.05) is 25.7 Å². The minimum Gasteiger partial charge on any atom is -0.493 e. The van der Waals surface area contributed by atoms with Gasteiger partial charge in [-0.1, -0.05) is 29.0 Å². The lowest BCUT2D eigenvalue weighted by Gasteiger charge is -2.23. The highest BCUT2D eigenvalue weighted by Gasteiger charge is 2.45. The minimum atomic E-state index is -0.914. The zero-order chi connectivity index (χ0) is 26.4. The van der Waals surface area contributed by atoms with Gasteiger partial charge in [-0.3, -0.25) is 14.5 Å². The second-order valence-corrected chi connectivity index (χ2v) is 9.55. The second kappa shape index (κ2) is 9.53. The van der Waals surface area contributed by atoms with E-state index in [1.165, 1.54) is 25.2 Å². The summed E-state index contributed by atoms with van der Waals surface area (Å²) < 4.78 is 22.0. The molecule has 0 saturated heterocycles. The van der Waals surface area contributed by atoms with Gasteiger partial charge in [0, 0.05) is 5.02 Å². The molecule has 190 valence electrons. The Kier molecular flexibility index (Phi) is 6.38. The molecule has 4 aromatic rings. The molecule has 0 saturated carbocycles. The molecule has 5 rings (SSSR count). The van der Waals surface area contributed by atoms with Crippen molar-refractivity contribution >= 4 is 50.9 Å². The Bertz CT molecular complexity index is 1630. The van der Waals surface area contributed by atoms with Crippen LogP contribution in [0.5, 0.6) is 11.5 Å². The smallest absolute Gasteiger partial charge is 0.350 e. The van der Waals surface area contributed by atoms with Crippen molar-refractivity contribution in [3.63, 3.8) is 0 Å². The molecule has 11 heteroatoms. The Morgan fingerprint density at radius 3 is 2.65 bits per heavy atom. The van der Waals surface area contributed by atoms with E-state index in [0.29, 0.717) is 34.4 Å². The lowest BCUT2D eigenvalue weighted by molar-refractivity contribution is 0.0605. The van der Waals surface area contributed by atoms with Crippen LogP contribution in [-0.4, -0.2) is 37.7 Å². The van der Waals surface area contributed by atoms with Crippen LogP contribution in [0.2, 0.25) is 5.02 Å². The monoisotopic (exact) mass is 540 g/mol. The number of thiazole rings is 1. The number of halogens is 1. The number of benzene rings is 2. The van der Waals surface area contributed by atoms with Crippen molar-refractivity contribution in [1.82, 2.24) is 4.98 Å². The number of carbonyl (C=O) groups is 2. The first kappa shape index (κ1) is 24.8. The molecule has 0 spiro atoms. The second-order valence-electron chi connectivity index (χ2n) is 8.14. The normalized spacial score (nSPS) is 14.7. The van der Waals surface area contributed by atoms with E-state index in [-0.39, 0.29) is 32.3 Å². The number of rotatable bonds is 6. The van der Waals surface area contributed by atoms with Gasteiger partial charge >= 0.3 is 5.97 Å². The minimum absolute atomic E-state index is 0.106. The number of hydrogen-bond acceptors (Lipinski definition) is 9. The van der Waals surface area contributed by atoms with Crippen LogP contribution in [-0.2, 0) is 4.74 Å². The average Bonchev–Trinajstić information content (AvgIpc) is 3.41. The number of fused-ring (bicyclic) bond motifs is 2. The van der Waals surface area contributed by atoms with E-state index < -0.39 is 23.3 Å². The Labute approximate surface area is 220 Å². The third-order valence-electron chi connectivity index (χ3n) is 6.00. The van der Waals surface area contributed by atoms with Gasteiger partial charge in [0.25, 0.3) is 5.91 Å². The number of nitrogens with zero attached hydrogens (tertiary/aromatic N) is 2. The number of carbonyl (C=O) groups excluding carboxylic acids is 2. The molecule has 2 aromatic carbocycles. The maximum Gasteiger partial charge on any atom is 0.350 e. The van der Waals surface area contributed by atoms with Gasteiger partial charge in [-0.2, -0.15) is 0 Å². The lowest BCUT2D eigenvalue weighted by atomic mass is 9.98. The third kappa shape index (κ3) is 4.02. The van der Waals surface area contributed by atoms with Crippen molar-refractivity contribution < 1.29 is 28.2 Å².